The minimum Gasteiger partial charge on any atom is -0.456 e. The van der Waals surface area contributed by atoms with E-state index in [4.69, 9.17) is 23.8 Å². The maximum absolute atomic E-state index is 6.58. The van der Waals surface area contributed by atoms with Gasteiger partial charge in [0, 0.05) is 43.6 Å². The number of furan rings is 2. The molecule has 5 nitrogen and oxygen atoms in total. The molecule has 3 aromatic heterocycles. The Bertz CT molecular complexity index is 2790. The molecule has 3 heterocycles. The van der Waals surface area contributed by atoms with Gasteiger partial charge in [-0.15, -0.1) is 0 Å². The van der Waals surface area contributed by atoms with Gasteiger partial charge in [0.25, 0.3) is 0 Å². The van der Waals surface area contributed by atoms with Gasteiger partial charge in [0.05, 0.1) is 0 Å². The molecule has 10 rings (SSSR count). The summed E-state index contributed by atoms with van der Waals surface area (Å²) in [6, 6.07) is 41.7. The molecule has 0 radical (unpaired) electrons. The second-order valence-corrected chi connectivity index (χ2v) is 12.2. The molecule has 226 valence electrons. The summed E-state index contributed by atoms with van der Waals surface area (Å²) in [5, 5.41) is 6.45. The number of para-hydroxylation sites is 1. The van der Waals surface area contributed by atoms with Crippen LogP contribution in [0.3, 0.4) is 0 Å². The molecule has 48 heavy (non-hydrogen) atoms. The largest absolute Gasteiger partial charge is 0.456 e. The summed E-state index contributed by atoms with van der Waals surface area (Å²) in [5.41, 5.74) is 8.51. The molecule has 9 aromatic rings. The van der Waals surface area contributed by atoms with E-state index in [-0.39, 0.29) is 0 Å². The average Bonchev–Trinajstić information content (AvgIpc) is 3.73. The van der Waals surface area contributed by atoms with Crippen LogP contribution >= 0.6 is 0 Å². The lowest BCUT2D eigenvalue weighted by molar-refractivity contribution is 0.669. The zero-order valence-corrected chi connectivity index (χ0v) is 25.9. The summed E-state index contributed by atoms with van der Waals surface area (Å²) in [6.07, 6.45) is 8.49. The van der Waals surface area contributed by atoms with E-state index >= 15 is 0 Å². The van der Waals surface area contributed by atoms with Crippen molar-refractivity contribution in [1.29, 1.82) is 0 Å². The number of benzene rings is 6. The smallest absolute Gasteiger partial charge is 0.164 e. The second kappa shape index (κ2) is 10.6. The second-order valence-electron chi connectivity index (χ2n) is 12.2. The molecule has 0 fully saturated rings. The molecule has 0 bridgehead atoms. The van der Waals surface area contributed by atoms with Gasteiger partial charge in [-0.2, -0.15) is 0 Å². The van der Waals surface area contributed by atoms with Crippen molar-refractivity contribution < 1.29 is 8.83 Å². The third-order valence-electron chi connectivity index (χ3n) is 9.35. The molecule has 0 spiro atoms. The van der Waals surface area contributed by atoms with Crippen LogP contribution in [0.15, 0.2) is 148 Å². The number of nitrogens with zero attached hydrogens (tertiary/aromatic N) is 3. The molecule has 0 atom stereocenters. The van der Waals surface area contributed by atoms with E-state index in [1.54, 1.807) is 0 Å². The van der Waals surface area contributed by atoms with Crippen molar-refractivity contribution in [3.63, 3.8) is 0 Å². The standard InChI is InChI=1S/C43H27N3O2/c1-3-12-26(13-4-1)41-44-42(27-14-5-2-6-15-27)46-43(45-41)33-19-11-21-37-39(33)32-23-22-28(24-38(32)47-37)34-25-35-30-17-9-10-20-36(30)48-40(35)31-18-8-7-16-29(31)34/h1,3-5,7-25H,2,6H2. The van der Waals surface area contributed by atoms with Crippen LogP contribution in [0.1, 0.15) is 18.7 Å². The van der Waals surface area contributed by atoms with E-state index < -0.39 is 0 Å². The quantitative estimate of drug-likeness (QED) is 0.197. The van der Waals surface area contributed by atoms with Crippen LogP contribution in [0.4, 0.5) is 0 Å². The number of hydrogen-bond donors (Lipinski definition) is 0. The fourth-order valence-electron chi connectivity index (χ4n) is 7.09. The molecule has 1 aliphatic carbocycles. The maximum Gasteiger partial charge on any atom is 0.164 e. The molecule has 6 aromatic carbocycles. The van der Waals surface area contributed by atoms with Gasteiger partial charge in [-0.25, -0.2) is 15.0 Å². The van der Waals surface area contributed by atoms with Crippen LogP contribution in [0.2, 0.25) is 0 Å². The third-order valence-corrected chi connectivity index (χ3v) is 9.35. The van der Waals surface area contributed by atoms with Crippen molar-refractivity contribution in [3.05, 3.63) is 145 Å². The van der Waals surface area contributed by atoms with Gasteiger partial charge in [0.2, 0.25) is 0 Å². The third kappa shape index (κ3) is 4.21. The Morgan fingerprint density at radius 3 is 2.10 bits per heavy atom. The summed E-state index contributed by atoms with van der Waals surface area (Å²) in [7, 11) is 0. The van der Waals surface area contributed by atoms with Crippen molar-refractivity contribution in [3.8, 4) is 33.9 Å². The van der Waals surface area contributed by atoms with Gasteiger partial charge in [0.15, 0.2) is 17.5 Å². The molecule has 5 heteroatoms. The Labute approximate surface area is 275 Å². The van der Waals surface area contributed by atoms with E-state index in [0.29, 0.717) is 17.5 Å². The topological polar surface area (TPSA) is 65.0 Å². The van der Waals surface area contributed by atoms with Crippen LogP contribution in [-0.2, 0) is 0 Å². The first kappa shape index (κ1) is 26.8. The monoisotopic (exact) mass is 617 g/mol. The van der Waals surface area contributed by atoms with E-state index in [1.165, 1.54) is 0 Å². The first-order valence-electron chi connectivity index (χ1n) is 16.3. The number of hydrogen-bond acceptors (Lipinski definition) is 5. The predicted molar refractivity (Wildman–Crippen MR) is 195 cm³/mol. The van der Waals surface area contributed by atoms with Crippen molar-refractivity contribution in [2.24, 2.45) is 0 Å². The minimum atomic E-state index is 0.624. The van der Waals surface area contributed by atoms with Gasteiger partial charge in [-0.3, -0.25) is 0 Å². The Balaban J connectivity index is 1.18. The minimum absolute atomic E-state index is 0.624. The molecule has 0 unspecified atom stereocenters. The summed E-state index contributed by atoms with van der Waals surface area (Å²) >= 11 is 0. The van der Waals surface area contributed by atoms with E-state index in [2.05, 4.69) is 85.0 Å². The highest BCUT2D eigenvalue weighted by Gasteiger charge is 2.20. The number of aromatic nitrogens is 3. The zero-order valence-electron chi connectivity index (χ0n) is 25.9. The highest BCUT2D eigenvalue weighted by molar-refractivity contribution is 6.20. The lowest BCUT2D eigenvalue weighted by Gasteiger charge is -2.11. The average molecular weight is 618 g/mol. The Hall–Kier alpha value is -6.33. The summed E-state index contributed by atoms with van der Waals surface area (Å²) in [5.74, 6) is 1.95. The van der Waals surface area contributed by atoms with Crippen LogP contribution in [0.5, 0.6) is 0 Å². The molecule has 0 saturated heterocycles. The van der Waals surface area contributed by atoms with Crippen molar-refractivity contribution in [2.45, 2.75) is 12.8 Å². The highest BCUT2D eigenvalue weighted by atomic mass is 16.3. The van der Waals surface area contributed by atoms with E-state index in [9.17, 15) is 0 Å². The van der Waals surface area contributed by atoms with Crippen molar-refractivity contribution in [1.82, 2.24) is 15.0 Å². The fraction of sp³-hybridized carbons (Fsp3) is 0.0465. The molecular formula is C43H27N3O2. The van der Waals surface area contributed by atoms with E-state index in [0.717, 1.165) is 95.3 Å². The normalized spacial score (nSPS) is 13.3. The Morgan fingerprint density at radius 1 is 0.458 bits per heavy atom. The molecule has 0 aliphatic heterocycles. The summed E-state index contributed by atoms with van der Waals surface area (Å²) in [6.45, 7) is 0. The van der Waals surface area contributed by atoms with Gasteiger partial charge in [-0.05, 0) is 59.7 Å². The Morgan fingerprint density at radius 2 is 1.23 bits per heavy atom. The molecule has 0 N–H and O–H groups in total. The first-order chi connectivity index (χ1) is 23.8. The number of rotatable bonds is 4. The first-order valence-corrected chi connectivity index (χ1v) is 16.3. The van der Waals surface area contributed by atoms with Gasteiger partial charge >= 0.3 is 0 Å². The predicted octanol–water partition coefficient (Wildman–Crippen LogP) is 11.6. The van der Waals surface area contributed by atoms with Crippen LogP contribution in [0.25, 0.3) is 94.1 Å². The van der Waals surface area contributed by atoms with E-state index in [1.807, 2.05) is 54.6 Å². The summed E-state index contributed by atoms with van der Waals surface area (Å²) in [4.78, 5) is 15.0. The lowest BCUT2D eigenvalue weighted by atomic mass is 9.94. The van der Waals surface area contributed by atoms with Crippen molar-refractivity contribution in [2.75, 3.05) is 0 Å². The fourth-order valence-corrected chi connectivity index (χ4v) is 7.09. The molecular weight excluding hydrogens is 590 g/mol. The number of allylic oxidation sites excluding steroid dienone is 4. The lowest BCUT2D eigenvalue weighted by Crippen LogP contribution is -2.03. The van der Waals surface area contributed by atoms with Crippen LogP contribution in [-0.4, -0.2) is 15.0 Å². The SMILES string of the molecule is C1=CC(c2nc(-c3ccccc3)nc(-c3cccc4oc5cc(-c6cc7c8ccccc8oc7c7ccccc67)ccc5c34)n2)=CCC1. The van der Waals surface area contributed by atoms with Crippen LogP contribution < -0.4 is 0 Å². The van der Waals surface area contributed by atoms with Gasteiger partial charge in [0.1, 0.15) is 22.3 Å². The molecule has 0 amide bonds. The number of fused-ring (bicyclic) bond motifs is 8. The molecule has 0 saturated carbocycles. The van der Waals surface area contributed by atoms with Gasteiger partial charge in [-0.1, -0.05) is 109 Å². The zero-order chi connectivity index (χ0) is 31.6. The molecule has 1 aliphatic rings. The Kier molecular flexibility index (Phi) is 5.93. The van der Waals surface area contributed by atoms with Crippen molar-refractivity contribution >= 4 is 60.2 Å². The maximum atomic E-state index is 6.58. The van der Waals surface area contributed by atoms with Crippen LogP contribution in [0, 0.1) is 0 Å². The highest BCUT2D eigenvalue weighted by Crippen LogP contribution is 2.42. The van der Waals surface area contributed by atoms with Gasteiger partial charge < -0.3 is 8.83 Å². The summed E-state index contributed by atoms with van der Waals surface area (Å²) < 4.78 is 12.9.